The molecular weight excluding hydrogens is 253 g/mol. The molecule has 0 saturated carbocycles. The van der Waals surface area contributed by atoms with E-state index in [9.17, 15) is 4.39 Å². The van der Waals surface area contributed by atoms with E-state index in [1.165, 1.54) is 25.9 Å². The molecule has 112 valence electrons. The van der Waals surface area contributed by atoms with E-state index in [0.29, 0.717) is 12.5 Å². The van der Waals surface area contributed by atoms with Gasteiger partial charge in [0.15, 0.2) is 0 Å². The van der Waals surface area contributed by atoms with Crippen molar-refractivity contribution in [1.82, 2.24) is 4.90 Å². The fourth-order valence-corrected chi connectivity index (χ4v) is 2.90. The van der Waals surface area contributed by atoms with E-state index in [4.69, 9.17) is 5.73 Å². The average Bonchev–Trinajstić information content (AvgIpc) is 2.41. The van der Waals surface area contributed by atoms with Crippen LogP contribution in [0.25, 0.3) is 0 Å². The Morgan fingerprint density at radius 1 is 1.30 bits per heavy atom. The Hall–Kier alpha value is -1.13. The van der Waals surface area contributed by atoms with Crippen molar-refractivity contribution in [2.45, 2.75) is 19.3 Å². The number of likely N-dealkylation sites (tertiary alicyclic amines) is 1. The number of anilines is 1. The first-order valence-electron chi connectivity index (χ1n) is 7.47. The summed E-state index contributed by atoms with van der Waals surface area (Å²) in [4.78, 5) is 4.55. The van der Waals surface area contributed by atoms with Crippen LogP contribution in [0.4, 0.5) is 10.1 Å². The molecule has 1 saturated heterocycles. The summed E-state index contributed by atoms with van der Waals surface area (Å²) >= 11 is 0. The van der Waals surface area contributed by atoms with Gasteiger partial charge < -0.3 is 15.5 Å². The van der Waals surface area contributed by atoms with Crippen LogP contribution in [0.5, 0.6) is 0 Å². The monoisotopic (exact) mass is 279 g/mol. The molecule has 0 atom stereocenters. The first kappa shape index (κ1) is 15.3. The van der Waals surface area contributed by atoms with Crippen molar-refractivity contribution in [2.75, 3.05) is 45.2 Å². The zero-order valence-corrected chi connectivity index (χ0v) is 12.6. The van der Waals surface area contributed by atoms with Gasteiger partial charge in [-0.2, -0.15) is 0 Å². The van der Waals surface area contributed by atoms with Crippen LogP contribution >= 0.6 is 0 Å². The molecule has 1 aromatic rings. The first-order valence-corrected chi connectivity index (χ1v) is 7.47. The van der Waals surface area contributed by atoms with Crippen molar-refractivity contribution in [1.29, 1.82) is 0 Å². The Morgan fingerprint density at radius 3 is 2.65 bits per heavy atom. The quantitative estimate of drug-likeness (QED) is 0.896. The molecule has 0 amide bonds. The number of piperidine rings is 1. The van der Waals surface area contributed by atoms with Crippen molar-refractivity contribution < 1.29 is 4.39 Å². The Balaban J connectivity index is 1.99. The molecule has 20 heavy (non-hydrogen) atoms. The number of hydrogen-bond acceptors (Lipinski definition) is 3. The second-order valence-corrected chi connectivity index (χ2v) is 5.98. The van der Waals surface area contributed by atoms with Crippen LogP contribution in [-0.4, -0.2) is 45.2 Å². The summed E-state index contributed by atoms with van der Waals surface area (Å²) in [6.07, 6.45) is 3.18. The van der Waals surface area contributed by atoms with E-state index in [1.807, 2.05) is 0 Å². The SMILES string of the molecule is CN1CCC(CN(C)c2cc(F)cc(CCN)c2)CC1. The van der Waals surface area contributed by atoms with Gasteiger partial charge in [-0.25, -0.2) is 4.39 Å². The predicted molar refractivity (Wildman–Crippen MR) is 82.6 cm³/mol. The van der Waals surface area contributed by atoms with Crippen LogP contribution in [0.15, 0.2) is 18.2 Å². The van der Waals surface area contributed by atoms with Crippen LogP contribution < -0.4 is 10.6 Å². The summed E-state index contributed by atoms with van der Waals surface area (Å²) in [5.41, 5.74) is 7.51. The van der Waals surface area contributed by atoms with Crippen molar-refractivity contribution in [3.8, 4) is 0 Å². The van der Waals surface area contributed by atoms with Crippen LogP contribution in [0.1, 0.15) is 18.4 Å². The van der Waals surface area contributed by atoms with E-state index < -0.39 is 0 Å². The Morgan fingerprint density at radius 2 is 2.00 bits per heavy atom. The minimum atomic E-state index is -0.166. The molecule has 1 aliphatic heterocycles. The van der Waals surface area contributed by atoms with Crippen LogP contribution in [-0.2, 0) is 6.42 Å². The van der Waals surface area contributed by atoms with Gasteiger partial charge in [-0.15, -0.1) is 0 Å². The molecule has 1 fully saturated rings. The van der Waals surface area contributed by atoms with Gasteiger partial charge in [-0.05, 0) is 75.6 Å². The topological polar surface area (TPSA) is 32.5 Å². The van der Waals surface area contributed by atoms with Gasteiger partial charge >= 0.3 is 0 Å². The third-order valence-electron chi connectivity index (χ3n) is 4.19. The predicted octanol–water partition coefficient (Wildman–Crippen LogP) is 2.10. The number of rotatable bonds is 5. The Bertz CT molecular complexity index is 428. The van der Waals surface area contributed by atoms with Crippen LogP contribution in [0.3, 0.4) is 0 Å². The highest BCUT2D eigenvalue weighted by Gasteiger charge is 2.18. The van der Waals surface area contributed by atoms with Gasteiger partial charge in [0.05, 0.1) is 0 Å². The van der Waals surface area contributed by atoms with E-state index in [2.05, 4.69) is 30.0 Å². The molecule has 1 heterocycles. The van der Waals surface area contributed by atoms with Gasteiger partial charge in [-0.3, -0.25) is 0 Å². The van der Waals surface area contributed by atoms with Gasteiger partial charge in [0.2, 0.25) is 0 Å². The van der Waals surface area contributed by atoms with Crippen LogP contribution in [0.2, 0.25) is 0 Å². The van der Waals surface area contributed by atoms with Crippen molar-refractivity contribution in [3.05, 3.63) is 29.6 Å². The summed E-state index contributed by atoms with van der Waals surface area (Å²) in [5.74, 6) is 0.540. The number of nitrogens with two attached hydrogens (primary N) is 1. The maximum Gasteiger partial charge on any atom is 0.125 e. The first-order chi connectivity index (χ1) is 9.58. The Labute approximate surface area is 121 Å². The van der Waals surface area contributed by atoms with Gasteiger partial charge in [-0.1, -0.05) is 0 Å². The fourth-order valence-electron chi connectivity index (χ4n) is 2.90. The van der Waals surface area contributed by atoms with Crippen LogP contribution in [0, 0.1) is 11.7 Å². The van der Waals surface area contributed by atoms with E-state index in [1.54, 1.807) is 12.1 Å². The smallest absolute Gasteiger partial charge is 0.125 e. The second-order valence-electron chi connectivity index (χ2n) is 5.98. The highest BCUT2D eigenvalue weighted by molar-refractivity contribution is 5.48. The average molecular weight is 279 g/mol. The molecule has 1 aromatic carbocycles. The highest BCUT2D eigenvalue weighted by atomic mass is 19.1. The number of hydrogen-bond donors (Lipinski definition) is 1. The van der Waals surface area contributed by atoms with E-state index in [-0.39, 0.29) is 5.82 Å². The molecule has 0 bridgehead atoms. The number of nitrogens with zero attached hydrogens (tertiary/aromatic N) is 2. The lowest BCUT2D eigenvalue weighted by Crippen LogP contribution is -2.35. The number of halogens is 1. The molecule has 0 radical (unpaired) electrons. The molecule has 2 N–H and O–H groups in total. The normalized spacial score (nSPS) is 17.4. The van der Waals surface area contributed by atoms with Crippen molar-refractivity contribution >= 4 is 5.69 Å². The summed E-state index contributed by atoms with van der Waals surface area (Å²) in [6.45, 7) is 3.89. The molecule has 3 nitrogen and oxygen atoms in total. The van der Waals surface area contributed by atoms with Gasteiger partial charge in [0, 0.05) is 19.3 Å². The van der Waals surface area contributed by atoms with Gasteiger partial charge in [0.25, 0.3) is 0 Å². The van der Waals surface area contributed by atoms with E-state index >= 15 is 0 Å². The molecule has 1 aliphatic rings. The maximum atomic E-state index is 13.7. The summed E-state index contributed by atoms with van der Waals surface area (Å²) in [5, 5.41) is 0. The lowest BCUT2D eigenvalue weighted by molar-refractivity contribution is 0.222. The van der Waals surface area contributed by atoms with Crippen molar-refractivity contribution in [2.24, 2.45) is 11.7 Å². The van der Waals surface area contributed by atoms with E-state index in [0.717, 1.165) is 24.2 Å². The standard InChI is InChI=1S/C16H26FN3/c1-19-7-4-13(5-8-19)12-20(2)16-10-14(3-6-18)9-15(17)11-16/h9-11,13H,3-8,12,18H2,1-2H3. The highest BCUT2D eigenvalue weighted by Crippen LogP contribution is 2.22. The second kappa shape index (κ2) is 7.04. The van der Waals surface area contributed by atoms with Crippen molar-refractivity contribution in [3.63, 3.8) is 0 Å². The minimum absolute atomic E-state index is 0.166. The largest absolute Gasteiger partial charge is 0.374 e. The summed E-state index contributed by atoms with van der Waals surface area (Å²) in [7, 11) is 4.23. The summed E-state index contributed by atoms with van der Waals surface area (Å²) in [6, 6.07) is 5.26. The molecule has 0 aromatic heterocycles. The zero-order valence-electron chi connectivity index (χ0n) is 12.6. The third kappa shape index (κ3) is 4.18. The number of benzene rings is 1. The molecule has 2 rings (SSSR count). The Kier molecular flexibility index (Phi) is 5.38. The molecule has 0 aliphatic carbocycles. The maximum absolute atomic E-state index is 13.7. The van der Waals surface area contributed by atoms with Gasteiger partial charge in [0.1, 0.15) is 5.82 Å². The fraction of sp³-hybridized carbons (Fsp3) is 0.625. The molecular formula is C16H26FN3. The molecule has 0 unspecified atom stereocenters. The molecule has 0 spiro atoms. The zero-order chi connectivity index (χ0) is 14.5. The third-order valence-corrected chi connectivity index (χ3v) is 4.19. The lowest BCUT2D eigenvalue weighted by Gasteiger charge is -2.32. The minimum Gasteiger partial charge on any atom is -0.374 e. The lowest BCUT2D eigenvalue weighted by atomic mass is 9.96. The molecule has 4 heteroatoms. The summed E-state index contributed by atoms with van der Waals surface area (Å²) < 4.78 is 13.7.